The highest BCUT2D eigenvalue weighted by molar-refractivity contribution is 5.79. The Morgan fingerprint density at radius 2 is 1.63 bits per heavy atom. The molecule has 2 fully saturated rings. The standard InChI is InChI=1S/C24H38N4O2/c1-4-21-8-10-22(11-9-21)20(3)25-23(29)17-26-13-15-27(16-14-26)18-24(30)28-12-6-5-7-19(28)2/h8-11,19-20H,4-7,12-18H2,1-3H3,(H,25,29). The molecule has 1 N–H and O–H groups in total. The smallest absolute Gasteiger partial charge is 0.236 e. The van der Waals surface area contributed by atoms with Crippen LogP contribution in [0.5, 0.6) is 0 Å². The maximum atomic E-state index is 12.6. The number of aryl methyl sites for hydroxylation is 1. The van der Waals surface area contributed by atoms with Crippen molar-refractivity contribution in [2.45, 2.75) is 58.5 Å². The third-order valence-corrected chi connectivity index (χ3v) is 6.58. The first kappa shape index (κ1) is 22.8. The molecular weight excluding hydrogens is 376 g/mol. The number of likely N-dealkylation sites (tertiary alicyclic amines) is 1. The number of nitrogens with zero attached hydrogens (tertiary/aromatic N) is 3. The highest BCUT2D eigenvalue weighted by atomic mass is 16.2. The van der Waals surface area contributed by atoms with Crippen molar-refractivity contribution in [3.05, 3.63) is 35.4 Å². The highest BCUT2D eigenvalue weighted by Gasteiger charge is 2.26. The normalized spacial score (nSPS) is 22.0. The summed E-state index contributed by atoms with van der Waals surface area (Å²) in [6, 6.07) is 8.84. The van der Waals surface area contributed by atoms with Crippen molar-refractivity contribution in [3.63, 3.8) is 0 Å². The number of amides is 2. The van der Waals surface area contributed by atoms with E-state index in [1.807, 2.05) is 6.92 Å². The van der Waals surface area contributed by atoms with Gasteiger partial charge in [0.1, 0.15) is 0 Å². The number of rotatable bonds is 7. The number of benzene rings is 1. The molecule has 0 saturated carbocycles. The first-order valence-corrected chi connectivity index (χ1v) is 11.6. The third kappa shape index (κ3) is 6.29. The van der Waals surface area contributed by atoms with Crippen molar-refractivity contribution in [2.75, 3.05) is 45.8 Å². The molecule has 166 valence electrons. The predicted molar refractivity (Wildman–Crippen MR) is 120 cm³/mol. The molecule has 6 nitrogen and oxygen atoms in total. The fourth-order valence-corrected chi connectivity index (χ4v) is 4.47. The van der Waals surface area contributed by atoms with Gasteiger partial charge in [0.2, 0.25) is 11.8 Å². The Hall–Kier alpha value is -1.92. The SMILES string of the molecule is CCc1ccc(C(C)NC(=O)CN2CCN(CC(=O)N3CCCCC3C)CC2)cc1. The average molecular weight is 415 g/mol. The van der Waals surface area contributed by atoms with Gasteiger partial charge in [-0.3, -0.25) is 19.4 Å². The van der Waals surface area contributed by atoms with Gasteiger partial charge >= 0.3 is 0 Å². The summed E-state index contributed by atoms with van der Waals surface area (Å²) in [5, 5.41) is 3.12. The minimum Gasteiger partial charge on any atom is -0.348 e. The molecule has 0 aliphatic carbocycles. The third-order valence-electron chi connectivity index (χ3n) is 6.58. The molecule has 3 rings (SSSR count). The molecule has 0 bridgehead atoms. The summed E-state index contributed by atoms with van der Waals surface area (Å²) in [7, 11) is 0. The zero-order valence-corrected chi connectivity index (χ0v) is 18.9. The number of hydrogen-bond acceptors (Lipinski definition) is 4. The number of hydrogen-bond donors (Lipinski definition) is 1. The molecule has 0 spiro atoms. The lowest BCUT2D eigenvalue weighted by Crippen LogP contribution is -2.53. The van der Waals surface area contributed by atoms with E-state index >= 15 is 0 Å². The van der Waals surface area contributed by atoms with Crippen molar-refractivity contribution >= 4 is 11.8 Å². The summed E-state index contributed by atoms with van der Waals surface area (Å²) in [6.45, 7) is 11.5. The van der Waals surface area contributed by atoms with Crippen LogP contribution in [0.2, 0.25) is 0 Å². The minimum atomic E-state index is 0.00819. The van der Waals surface area contributed by atoms with Crippen molar-refractivity contribution in [1.29, 1.82) is 0 Å². The van der Waals surface area contributed by atoms with Crippen LogP contribution in [0.25, 0.3) is 0 Å². The summed E-state index contributed by atoms with van der Waals surface area (Å²) in [5.74, 6) is 0.324. The molecule has 2 amide bonds. The van der Waals surface area contributed by atoms with E-state index in [9.17, 15) is 9.59 Å². The van der Waals surface area contributed by atoms with Gasteiger partial charge in [0.15, 0.2) is 0 Å². The van der Waals surface area contributed by atoms with Crippen molar-refractivity contribution in [3.8, 4) is 0 Å². The first-order chi connectivity index (χ1) is 14.5. The lowest BCUT2D eigenvalue weighted by atomic mass is 10.0. The lowest BCUT2D eigenvalue weighted by Gasteiger charge is -2.38. The molecule has 0 radical (unpaired) electrons. The number of piperidine rings is 1. The molecule has 30 heavy (non-hydrogen) atoms. The van der Waals surface area contributed by atoms with Gasteiger partial charge in [-0.2, -0.15) is 0 Å². The van der Waals surface area contributed by atoms with Crippen LogP contribution in [0.1, 0.15) is 57.2 Å². The minimum absolute atomic E-state index is 0.00819. The molecule has 2 aliphatic heterocycles. The number of piperazine rings is 1. The van der Waals surface area contributed by atoms with E-state index in [-0.39, 0.29) is 17.9 Å². The van der Waals surface area contributed by atoms with E-state index in [4.69, 9.17) is 0 Å². The topological polar surface area (TPSA) is 55.9 Å². The Morgan fingerprint density at radius 1 is 1.00 bits per heavy atom. The van der Waals surface area contributed by atoms with Crippen LogP contribution in [0, 0.1) is 0 Å². The summed E-state index contributed by atoms with van der Waals surface area (Å²) < 4.78 is 0. The summed E-state index contributed by atoms with van der Waals surface area (Å²) in [5.41, 5.74) is 2.44. The van der Waals surface area contributed by atoms with E-state index in [1.165, 1.54) is 12.0 Å². The number of carbonyl (C=O) groups excluding carboxylic acids is 2. The Morgan fingerprint density at radius 3 is 2.23 bits per heavy atom. The molecule has 2 saturated heterocycles. The van der Waals surface area contributed by atoms with Crippen LogP contribution >= 0.6 is 0 Å². The molecule has 2 atom stereocenters. The van der Waals surface area contributed by atoms with Crippen LogP contribution in [-0.2, 0) is 16.0 Å². The van der Waals surface area contributed by atoms with E-state index in [2.05, 4.69) is 58.1 Å². The molecule has 2 heterocycles. The summed E-state index contributed by atoms with van der Waals surface area (Å²) in [4.78, 5) is 31.6. The van der Waals surface area contributed by atoms with Gasteiger partial charge in [-0.15, -0.1) is 0 Å². The van der Waals surface area contributed by atoms with Crippen LogP contribution in [0.15, 0.2) is 24.3 Å². The second kappa shape index (κ2) is 10.9. The van der Waals surface area contributed by atoms with Gasteiger partial charge in [-0.05, 0) is 50.7 Å². The zero-order chi connectivity index (χ0) is 21.5. The van der Waals surface area contributed by atoms with Gasteiger partial charge in [0.05, 0.1) is 19.1 Å². The van der Waals surface area contributed by atoms with Gasteiger partial charge < -0.3 is 10.2 Å². The monoisotopic (exact) mass is 414 g/mol. The quantitative estimate of drug-likeness (QED) is 0.745. The molecule has 6 heteroatoms. The largest absolute Gasteiger partial charge is 0.348 e. The zero-order valence-electron chi connectivity index (χ0n) is 18.9. The maximum Gasteiger partial charge on any atom is 0.236 e. The Kier molecular flexibility index (Phi) is 8.28. The van der Waals surface area contributed by atoms with Crippen molar-refractivity contribution in [1.82, 2.24) is 20.0 Å². The van der Waals surface area contributed by atoms with Gasteiger partial charge in [0, 0.05) is 38.8 Å². The van der Waals surface area contributed by atoms with Crippen LogP contribution in [0.3, 0.4) is 0 Å². The van der Waals surface area contributed by atoms with Crippen molar-refractivity contribution in [2.24, 2.45) is 0 Å². The van der Waals surface area contributed by atoms with Gasteiger partial charge in [0.25, 0.3) is 0 Å². The highest BCUT2D eigenvalue weighted by Crippen LogP contribution is 2.17. The average Bonchev–Trinajstić information content (AvgIpc) is 2.75. The maximum absolute atomic E-state index is 12.6. The van der Waals surface area contributed by atoms with Gasteiger partial charge in [-0.1, -0.05) is 31.2 Å². The van der Waals surface area contributed by atoms with Crippen LogP contribution < -0.4 is 5.32 Å². The molecule has 2 aliphatic rings. The molecule has 2 unspecified atom stereocenters. The van der Waals surface area contributed by atoms with E-state index < -0.39 is 0 Å². The fourth-order valence-electron chi connectivity index (χ4n) is 4.47. The van der Waals surface area contributed by atoms with E-state index in [0.717, 1.165) is 57.5 Å². The Bertz CT molecular complexity index is 698. The van der Waals surface area contributed by atoms with E-state index in [1.54, 1.807) is 0 Å². The van der Waals surface area contributed by atoms with Crippen molar-refractivity contribution < 1.29 is 9.59 Å². The van der Waals surface area contributed by atoms with Crippen LogP contribution in [0.4, 0.5) is 0 Å². The molecule has 1 aromatic rings. The first-order valence-electron chi connectivity index (χ1n) is 11.6. The Balaban J connectivity index is 1.38. The second-order valence-electron chi connectivity index (χ2n) is 8.87. The second-order valence-corrected chi connectivity index (χ2v) is 8.87. The molecule has 0 aromatic heterocycles. The Labute approximate surface area is 181 Å². The van der Waals surface area contributed by atoms with Gasteiger partial charge in [-0.25, -0.2) is 0 Å². The predicted octanol–water partition coefficient (Wildman–Crippen LogP) is 2.44. The van der Waals surface area contributed by atoms with Crippen LogP contribution in [-0.4, -0.2) is 78.4 Å². The number of nitrogens with one attached hydrogen (secondary N) is 1. The van der Waals surface area contributed by atoms with E-state index in [0.29, 0.717) is 19.1 Å². The lowest BCUT2D eigenvalue weighted by molar-refractivity contribution is -0.136. The molecule has 1 aromatic carbocycles. The fraction of sp³-hybridized carbons (Fsp3) is 0.667. The number of carbonyl (C=O) groups is 2. The molecular formula is C24H38N4O2. The summed E-state index contributed by atoms with van der Waals surface area (Å²) in [6.07, 6.45) is 4.50. The summed E-state index contributed by atoms with van der Waals surface area (Å²) >= 11 is 0.